The molecule has 1 aromatic heterocycles. The number of benzene rings is 2. The zero-order valence-electron chi connectivity index (χ0n) is 14.2. The smallest absolute Gasteiger partial charge is 0.257 e. The number of anilines is 2. The molecule has 2 N–H and O–H groups in total. The van der Waals surface area contributed by atoms with E-state index in [9.17, 15) is 14.0 Å². The summed E-state index contributed by atoms with van der Waals surface area (Å²) in [6.07, 6.45) is 0. The predicted octanol–water partition coefficient (Wildman–Crippen LogP) is 3.97. The Morgan fingerprint density at radius 2 is 1.93 bits per heavy atom. The third kappa shape index (κ3) is 5.35. The van der Waals surface area contributed by atoms with Crippen LogP contribution in [0.2, 0.25) is 0 Å². The third-order valence-electron chi connectivity index (χ3n) is 3.46. The fraction of sp³-hybridized carbons (Fsp3) is 0.111. The van der Waals surface area contributed by atoms with Gasteiger partial charge in [-0.15, -0.1) is 10.2 Å². The molecule has 6 nitrogen and oxygen atoms in total. The minimum absolute atomic E-state index is 0.158. The summed E-state index contributed by atoms with van der Waals surface area (Å²) >= 11 is 2.37. The molecular formula is C18H15FN4O2S2. The van der Waals surface area contributed by atoms with Crippen LogP contribution in [0.3, 0.4) is 0 Å². The first-order valence-corrected chi connectivity index (χ1v) is 9.70. The Hall–Kier alpha value is -2.78. The van der Waals surface area contributed by atoms with Gasteiger partial charge in [-0.05, 0) is 36.8 Å². The molecule has 1 heterocycles. The Labute approximate surface area is 163 Å². The lowest BCUT2D eigenvalue weighted by Crippen LogP contribution is -2.14. The molecule has 0 atom stereocenters. The van der Waals surface area contributed by atoms with Crippen LogP contribution in [0.15, 0.2) is 52.9 Å². The Bertz CT molecular complexity index is 977. The third-order valence-corrected chi connectivity index (χ3v) is 5.43. The van der Waals surface area contributed by atoms with Gasteiger partial charge in [0.25, 0.3) is 5.91 Å². The number of halogens is 1. The lowest BCUT2D eigenvalue weighted by atomic mass is 10.2. The van der Waals surface area contributed by atoms with Crippen molar-refractivity contribution in [1.82, 2.24) is 10.2 Å². The first kappa shape index (κ1) is 19.0. The summed E-state index contributed by atoms with van der Waals surface area (Å²) in [5.41, 5.74) is 1.94. The van der Waals surface area contributed by atoms with Crippen molar-refractivity contribution in [2.24, 2.45) is 0 Å². The van der Waals surface area contributed by atoms with Gasteiger partial charge in [0, 0.05) is 11.3 Å². The summed E-state index contributed by atoms with van der Waals surface area (Å²) in [7, 11) is 0. The number of thioether (sulfide) groups is 1. The fourth-order valence-corrected chi connectivity index (χ4v) is 3.69. The molecule has 138 valence electrons. The number of carbonyl (C=O) groups excluding carboxylic acids is 2. The maximum absolute atomic E-state index is 13.2. The molecule has 0 unspecified atom stereocenters. The average molecular weight is 402 g/mol. The van der Waals surface area contributed by atoms with Gasteiger partial charge in [0.1, 0.15) is 5.82 Å². The molecule has 0 fully saturated rings. The van der Waals surface area contributed by atoms with Gasteiger partial charge < -0.3 is 5.32 Å². The Kier molecular flexibility index (Phi) is 6.15. The SMILES string of the molecule is Cc1ccccc1NC(=O)CSc1nnc(NC(=O)c2cccc(F)c2)s1. The number of aryl methyl sites for hydroxylation is 1. The van der Waals surface area contributed by atoms with E-state index in [0.29, 0.717) is 4.34 Å². The molecule has 2 aromatic carbocycles. The molecule has 0 aliphatic heterocycles. The molecular weight excluding hydrogens is 387 g/mol. The molecule has 0 aliphatic rings. The quantitative estimate of drug-likeness (QED) is 0.481. The van der Waals surface area contributed by atoms with Crippen LogP contribution in [-0.4, -0.2) is 27.8 Å². The van der Waals surface area contributed by atoms with E-state index in [1.54, 1.807) is 0 Å². The van der Waals surface area contributed by atoms with Gasteiger partial charge in [-0.2, -0.15) is 0 Å². The summed E-state index contributed by atoms with van der Waals surface area (Å²) in [4.78, 5) is 24.1. The maximum atomic E-state index is 13.2. The van der Waals surface area contributed by atoms with E-state index in [2.05, 4.69) is 20.8 Å². The summed E-state index contributed by atoms with van der Waals surface area (Å²) in [5.74, 6) is -0.953. The second-order valence-electron chi connectivity index (χ2n) is 5.49. The number of aromatic nitrogens is 2. The number of rotatable bonds is 6. The normalized spacial score (nSPS) is 10.4. The van der Waals surface area contributed by atoms with Gasteiger partial charge in [-0.25, -0.2) is 4.39 Å². The minimum Gasteiger partial charge on any atom is -0.325 e. The van der Waals surface area contributed by atoms with E-state index < -0.39 is 11.7 Å². The van der Waals surface area contributed by atoms with Crippen LogP contribution >= 0.6 is 23.1 Å². The Morgan fingerprint density at radius 1 is 1.11 bits per heavy atom. The molecule has 0 spiro atoms. The van der Waals surface area contributed by atoms with Crippen molar-refractivity contribution in [3.8, 4) is 0 Å². The van der Waals surface area contributed by atoms with Crippen LogP contribution in [0, 0.1) is 12.7 Å². The zero-order valence-corrected chi connectivity index (χ0v) is 15.9. The van der Waals surface area contributed by atoms with Crippen molar-refractivity contribution in [3.63, 3.8) is 0 Å². The van der Waals surface area contributed by atoms with Crippen LogP contribution < -0.4 is 10.6 Å². The molecule has 0 aliphatic carbocycles. The fourth-order valence-electron chi connectivity index (χ4n) is 2.14. The van der Waals surface area contributed by atoms with Gasteiger partial charge >= 0.3 is 0 Å². The number of amides is 2. The largest absolute Gasteiger partial charge is 0.325 e. The number of hydrogen-bond acceptors (Lipinski definition) is 6. The molecule has 0 bridgehead atoms. The molecule has 2 amide bonds. The van der Waals surface area contributed by atoms with E-state index in [1.807, 2.05) is 31.2 Å². The van der Waals surface area contributed by atoms with Gasteiger partial charge in [0.15, 0.2) is 4.34 Å². The highest BCUT2D eigenvalue weighted by Gasteiger charge is 2.12. The first-order chi connectivity index (χ1) is 13.0. The minimum atomic E-state index is -0.490. The summed E-state index contributed by atoms with van der Waals surface area (Å²) in [5, 5.41) is 13.5. The van der Waals surface area contributed by atoms with Crippen LogP contribution in [0.25, 0.3) is 0 Å². The Morgan fingerprint density at radius 3 is 2.70 bits per heavy atom. The number of para-hydroxylation sites is 1. The summed E-state index contributed by atoms with van der Waals surface area (Å²) in [6.45, 7) is 1.92. The average Bonchev–Trinajstić information content (AvgIpc) is 3.09. The highest BCUT2D eigenvalue weighted by molar-refractivity contribution is 8.01. The highest BCUT2D eigenvalue weighted by atomic mass is 32.2. The second-order valence-corrected chi connectivity index (χ2v) is 7.69. The van der Waals surface area contributed by atoms with Crippen LogP contribution in [0.4, 0.5) is 15.2 Å². The Balaban J connectivity index is 1.53. The van der Waals surface area contributed by atoms with Crippen molar-refractivity contribution in [2.75, 3.05) is 16.4 Å². The van der Waals surface area contributed by atoms with Crippen LogP contribution in [0.5, 0.6) is 0 Å². The van der Waals surface area contributed by atoms with Crippen LogP contribution in [0.1, 0.15) is 15.9 Å². The molecule has 0 saturated carbocycles. The molecule has 3 rings (SSSR count). The zero-order chi connectivity index (χ0) is 19.2. The first-order valence-electron chi connectivity index (χ1n) is 7.90. The monoisotopic (exact) mass is 402 g/mol. The van der Waals surface area contributed by atoms with Crippen molar-refractivity contribution in [3.05, 3.63) is 65.5 Å². The topological polar surface area (TPSA) is 84.0 Å². The lowest BCUT2D eigenvalue weighted by Gasteiger charge is -2.06. The summed E-state index contributed by atoms with van der Waals surface area (Å²) in [6, 6.07) is 12.9. The molecule has 27 heavy (non-hydrogen) atoms. The van der Waals surface area contributed by atoms with E-state index in [4.69, 9.17) is 0 Å². The molecule has 0 radical (unpaired) electrons. The highest BCUT2D eigenvalue weighted by Crippen LogP contribution is 2.26. The van der Waals surface area contributed by atoms with Gasteiger partial charge in [-0.1, -0.05) is 47.4 Å². The lowest BCUT2D eigenvalue weighted by molar-refractivity contribution is -0.113. The van der Waals surface area contributed by atoms with Crippen molar-refractivity contribution in [1.29, 1.82) is 0 Å². The standard InChI is InChI=1S/C18H15FN4O2S2/c1-11-5-2-3-8-14(11)20-15(24)10-26-18-23-22-17(27-18)21-16(25)12-6-4-7-13(19)9-12/h2-9H,10H2,1H3,(H,20,24)(H,21,22,25). The maximum Gasteiger partial charge on any atom is 0.257 e. The number of hydrogen-bond donors (Lipinski definition) is 2. The second kappa shape index (κ2) is 8.74. The van der Waals surface area contributed by atoms with Gasteiger partial charge in [0.2, 0.25) is 11.0 Å². The van der Waals surface area contributed by atoms with Gasteiger partial charge in [0.05, 0.1) is 5.75 Å². The predicted molar refractivity (Wildman–Crippen MR) is 105 cm³/mol. The van der Waals surface area contributed by atoms with E-state index in [0.717, 1.165) is 28.7 Å². The van der Waals surface area contributed by atoms with Gasteiger partial charge in [-0.3, -0.25) is 14.9 Å². The molecule has 3 aromatic rings. The van der Waals surface area contributed by atoms with E-state index in [1.165, 1.54) is 30.0 Å². The van der Waals surface area contributed by atoms with Crippen LogP contribution in [-0.2, 0) is 4.79 Å². The van der Waals surface area contributed by atoms with Crippen molar-refractivity contribution < 1.29 is 14.0 Å². The van der Waals surface area contributed by atoms with E-state index in [-0.39, 0.29) is 22.4 Å². The number of nitrogens with one attached hydrogen (secondary N) is 2. The number of nitrogens with zero attached hydrogens (tertiary/aromatic N) is 2. The molecule has 0 saturated heterocycles. The summed E-state index contributed by atoms with van der Waals surface area (Å²) < 4.78 is 13.7. The van der Waals surface area contributed by atoms with Crippen molar-refractivity contribution >= 4 is 45.7 Å². The molecule has 9 heteroatoms. The van der Waals surface area contributed by atoms with E-state index >= 15 is 0 Å². The van der Waals surface area contributed by atoms with Crippen molar-refractivity contribution in [2.45, 2.75) is 11.3 Å². The number of carbonyl (C=O) groups is 2.